The van der Waals surface area contributed by atoms with E-state index in [1.54, 1.807) is 6.07 Å². The number of rotatable bonds is 4. The number of benzene rings is 1. The fourth-order valence-corrected chi connectivity index (χ4v) is 5.31. The number of alkyl halides is 2. The van der Waals surface area contributed by atoms with Crippen molar-refractivity contribution in [3.63, 3.8) is 0 Å². The fraction of sp³-hybridized carbons (Fsp3) is 0.471. The Labute approximate surface area is 156 Å². The van der Waals surface area contributed by atoms with Gasteiger partial charge in [0.2, 0.25) is 10.7 Å². The third-order valence-corrected chi connectivity index (χ3v) is 6.53. The Bertz CT molecular complexity index is 930. The highest BCUT2D eigenvalue weighted by molar-refractivity contribution is 8.02. The van der Waals surface area contributed by atoms with Crippen molar-refractivity contribution in [3.05, 3.63) is 17.9 Å². The van der Waals surface area contributed by atoms with Crippen LogP contribution in [0, 0.1) is 0 Å². The van der Waals surface area contributed by atoms with Gasteiger partial charge < -0.3 is 28.5 Å². The van der Waals surface area contributed by atoms with Crippen molar-refractivity contribution in [1.82, 2.24) is 0 Å². The first-order valence-corrected chi connectivity index (χ1v) is 8.81. The van der Waals surface area contributed by atoms with Crippen molar-refractivity contribution < 1.29 is 42.0 Å². The SMILES string of the molecule is COC(=O)[C@H]1S[C@@]2(C(F)F)C[C@]1(O)c1c(c(OC)c3occc3c1OC)O2. The van der Waals surface area contributed by atoms with Crippen LogP contribution >= 0.6 is 11.8 Å². The summed E-state index contributed by atoms with van der Waals surface area (Å²) in [6.45, 7) is 0. The minimum absolute atomic E-state index is 0.0417. The lowest BCUT2D eigenvalue weighted by Gasteiger charge is -2.38. The Hall–Kier alpha value is -2.20. The van der Waals surface area contributed by atoms with Gasteiger partial charge in [0.05, 0.1) is 38.5 Å². The molecule has 3 heterocycles. The van der Waals surface area contributed by atoms with Gasteiger partial charge in [0.15, 0.2) is 11.3 Å². The van der Waals surface area contributed by atoms with Crippen LogP contribution in [0.2, 0.25) is 0 Å². The quantitative estimate of drug-likeness (QED) is 0.782. The van der Waals surface area contributed by atoms with Crippen LogP contribution in [0.5, 0.6) is 17.2 Å². The molecule has 7 nitrogen and oxygen atoms in total. The molecule has 2 aliphatic heterocycles. The molecule has 0 amide bonds. The first-order valence-electron chi connectivity index (χ1n) is 7.93. The number of thioether (sulfide) groups is 1. The van der Waals surface area contributed by atoms with Crippen LogP contribution in [0.3, 0.4) is 0 Å². The van der Waals surface area contributed by atoms with Gasteiger partial charge >= 0.3 is 5.97 Å². The number of fused-ring (bicyclic) bond motifs is 5. The average Bonchev–Trinajstić information content (AvgIpc) is 3.21. The highest BCUT2D eigenvalue weighted by Crippen LogP contribution is 2.66. The zero-order chi connectivity index (χ0) is 19.6. The number of hydrogen-bond donors (Lipinski definition) is 1. The van der Waals surface area contributed by atoms with Crippen molar-refractivity contribution in [2.75, 3.05) is 21.3 Å². The van der Waals surface area contributed by atoms with Crippen molar-refractivity contribution in [3.8, 4) is 17.2 Å². The summed E-state index contributed by atoms with van der Waals surface area (Å²) >= 11 is 0.534. The zero-order valence-electron chi connectivity index (χ0n) is 14.6. The number of furan rings is 1. The molecule has 1 aromatic heterocycles. The minimum atomic E-state index is -2.99. The molecule has 4 rings (SSSR count). The van der Waals surface area contributed by atoms with Gasteiger partial charge in [-0.1, -0.05) is 11.8 Å². The molecular formula is C17H16F2O7S. The smallest absolute Gasteiger partial charge is 0.322 e. The Kier molecular flexibility index (Phi) is 3.97. The number of hydrogen-bond acceptors (Lipinski definition) is 8. The van der Waals surface area contributed by atoms with E-state index in [1.165, 1.54) is 20.5 Å². The topological polar surface area (TPSA) is 87.4 Å². The Morgan fingerprint density at radius 1 is 1.33 bits per heavy atom. The summed E-state index contributed by atoms with van der Waals surface area (Å²) in [5.41, 5.74) is -1.72. The van der Waals surface area contributed by atoms with E-state index in [0.29, 0.717) is 17.1 Å². The Morgan fingerprint density at radius 3 is 2.63 bits per heavy atom. The molecule has 1 saturated heterocycles. The molecule has 0 spiro atoms. The second kappa shape index (κ2) is 5.90. The first-order chi connectivity index (χ1) is 12.8. The summed E-state index contributed by atoms with van der Waals surface area (Å²) in [4.78, 5) is 10.2. The van der Waals surface area contributed by atoms with Gasteiger partial charge in [-0.3, -0.25) is 4.79 Å². The van der Waals surface area contributed by atoms with E-state index in [9.17, 15) is 18.7 Å². The molecule has 2 bridgehead atoms. The van der Waals surface area contributed by atoms with Gasteiger partial charge in [-0.25, -0.2) is 8.78 Å². The fourth-order valence-electron chi connectivity index (χ4n) is 3.79. The van der Waals surface area contributed by atoms with Crippen molar-refractivity contribution in [1.29, 1.82) is 0 Å². The van der Waals surface area contributed by atoms with Crippen LogP contribution in [0.15, 0.2) is 16.7 Å². The maximum absolute atomic E-state index is 14.0. The summed E-state index contributed by atoms with van der Waals surface area (Å²) in [6.07, 6.45) is -2.13. The number of esters is 1. The number of carbonyl (C=O) groups is 1. The number of ether oxygens (including phenoxy) is 4. The van der Waals surface area contributed by atoms with Crippen LogP contribution in [0.1, 0.15) is 12.0 Å². The van der Waals surface area contributed by atoms with E-state index >= 15 is 0 Å². The molecule has 2 aromatic rings. The zero-order valence-corrected chi connectivity index (χ0v) is 15.4. The molecule has 0 saturated carbocycles. The normalized spacial score (nSPS) is 28.8. The molecule has 1 aromatic carbocycles. The third-order valence-electron chi connectivity index (χ3n) is 4.91. The monoisotopic (exact) mass is 402 g/mol. The van der Waals surface area contributed by atoms with E-state index in [-0.39, 0.29) is 28.4 Å². The van der Waals surface area contributed by atoms with Crippen molar-refractivity contribution in [2.24, 2.45) is 0 Å². The van der Waals surface area contributed by atoms with E-state index < -0.39 is 34.6 Å². The molecule has 1 N–H and O–H groups in total. The van der Waals surface area contributed by atoms with Crippen LogP contribution in [0.25, 0.3) is 11.0 Å². The molecule has 1 fully saturated rings. The predicted molar refractivity (Wildman–Crippen MR) is 90.6 cm³/mol. The van der Waals surface area contributed by atoms with Crippen molar-refractivity contribution in [2.45, 2.75) is 28.6 Å². The largest absolute Gasteiger partial charge is 0.495 e. The summed E-state index contributed by atoms with van der Waals surface area (Å²) in [7, 11) is 3.82. The molecule has 10 heteroatoms. The lowest BCUT2D eigenvalue weighted by Crippen LogP contribution is -2.46. The summed E-state index contributed by atoms with van der Waals surface area (Å²) in [5, 5.41) is 10.6. The molecule has 2 aliphatic rings. The predicted octanol–water partition coefficient (Wildman–Crippen LogP) is 2.67. The van der Waals surface area contributed by atoms with E-state index in [1.807, 2.05) is 0 Å². The number of methoxy groups -OCH3 is 3. The molecule has 0 unspecified atom stereocenters. The van der Waals surface area contributed by atoms with Gasteiger partial charge in [0, 0.05) is 6.42 Å². The van der Waals surface area contributed by atoms with Crippen molar-refractivity contribution >= 4 is 28.7 Å². The lowest BCUT2D eigenvalue weighted by molar-refractivity contribution is -0.147. The molecule has 3 atom stereocenters. The summed E-state index contributed by atoms with van der Waals surface area (Å²) in [6, 6.07) is 1.59. The standard InChI is InChI=1S/C17H16F2O7S/c1-22-9-7-4-5-25-10(7)12(23-2)11-8(9)16(21)6-17(26-11,15(18)19)27-13(16)14(20)24-3/h4-5,13,15,21H,6H2,1-3H3/t13-,16+,17-/m1/s1. The molecule has 0 aliphatic carbocycles. The van der Waals surface area contributed by atoms with Gasteiger partial charge in [-0.05, 0) is 6.07 Å². The van der Waals surface area contributed by atoms with E-state index in [0.717, 1.165) is 7.11 Å². The minimum Gasteiger partial charge on any atom is -0.495 e. The van der Waals surface area contributed by atoms with E-state index in [2.05, 4.69) is 0 Å². The highest BCUT2D eigenvalue weighted by Gasteiger charge is 2.69. The summed E-state index contributed by atoms with van der Waals surface area (Å²) < 4.78 is 54.6. The maximum atomic E-state index is 14.0. The Balaban J connectivity index is 2.09. The molecule has 146 valence electrons. The summed E-state index contributed by atoms with van der Waals surface area (Å²) in [5.74, 6) is -0.768. The third kappa shape index (κ3) is 2.19. The van der Waals surface area contributed by atoms with Gasteiger partial charge in [-0.15, -0.1) is 0 Å². The number of aliphatic hydroxyl groups is 1. The highest BCUT2D eigenvalue weighted by atomic mass is 32.2. The van der Waals surface area contributed by atoms with Gasteiger partial charge in [-0.2, -0.15) is 0 Å². The second-order valence-corrected chi connectivity index (χ2v) is 7.67. The van der Waals surface area contributed by atoms with E-state index in [4.69, 9.17) is 23.4 Å². The maximum Gasteiger partial charge on any atom is 0.322 e. The number of halogens is 2. The number of carbonyl (C=O) groups excluding carboxylic acids is 1. The first kappa shape index (κ1) is 18.2. The molecule has 27 heavy (non-hydrogen) atoms. The lowest BCUT2D eigenvalue weighted by atomic mass is 9.81. The Morgan fingerprint density at radius 2 is 2.04 bits per heavy atom. The van der Waals surface area contributed by atoms with Crippen LogP contribution in [0.4, 0.5) is 8.78 Å². The van der Waals surface area contributed by atoms with Crippen LogP contribution in [-0.4, -0.2) is 49.0 Å². The second-order valence-electron chi connectivity index (χ2n) is 6.27. The van der Waals surface area contributed by atoms with Gasteiger partial charge in [0.25, 0.3) is 6.43 Å². The van der Waals surface area contributed by atoms with Gasteiger partial charge in [0.1, 0.15) is 16.6 Å². The molecular weight excluding hydrogens is 386 g/mol. The van der Waals surface area contributed by atoms with Crippen LogP contribution < -0.4 is 14.2 Å². The molecule has 0 radical (unpaired) electrons. The van der Waals surface area contributed by atoms with Crippen LogP contribution in [-0.2, 0) is 15.1 Å². The average molecular weight is 402 g/mol.